The van der Waals surface area contributed by atoms with Crippen LogP contribution >= 0.6 is 0 Å². The van der Waals surface area contributed by atoms with E-state index in [2.05, 4.69) is 14.6 Å². The van der Waals surface area contributed by atoms with Crippen LogP contribution in [0.15, 0.2) is 57.9 Å². The fraction of sp³-hybridized carbons (Fsp3) is 0.208. The molecule has 35 heavy (non-hydrogen) atoms. The standard InChI is InChI=1S/C24H16F3N3O5/c25-14-4-1-3-13(11-14)20-22-16(8-10-33-22)23(32)30(28-20)12-19(31)29-9-2-5-15-17(29)6-7-18-21(15)35-24(26,27)34-18/h1,3-4,6-8,10-11H,2,5,9,12H2. The Morgan fingerprint density at radius 2 is 2.00 bits per heavy atom. The highest BCUT2D eigenvalue weighted by atomic mass is 19.3. The van der Waals surface area contributed by atoms with Gasteiger partial charge in [0, 0.05) is 17.7 Å². The number of nitrogens with zero attached hydrogens (tertiary/aromatic N) is 3. The van der Waals surface area contributed by atoms with Gasteiger partial charge in [-0.15, -0.1) is 8.78 Å². The van der Waals surface area contributed by atoms with Crippen molar-refractivity contribution >= 4 is 22.6 Å². The normalized spacial score (nSPS) is 15.9. The van der Waals surface area contributed by atoms with E-state index in [4.69, 9.17) is 4.42 Å². The number of benzene rings is 2. The molecule has 1 amide bonds. The maximum absolute atomic E-state index is 13.8. The molecule has 0 bridgehead atoms. The summed E-state index contributed by atoms with van der Waals surface area (Å²) in [6, 6.07) is 9.94. The minimum absolute atomic E-state index is 0.0894. The van der Waals surface area contributed by atoms with E-state index in [0.717, 1.165) is 4.68 Å². The van der Waals surface area contributed by atoms with E-state index in [1.165, 1.54) is 47.6 Å². The number of alkyl halides is 2. The van der Waals surface area contributed by atoms with Crippen molar-refractivity contribution in [3.8, 4) is 22.8 Å². The van der Waals surface area contributed by atoms with Gasteiger partial charge in [-0.05, 0) is 43.2 Å². The van der Waals surface area contributed by atoms with E-state index in [0.29, 0.717) is 36.2 Å². The summed E-state index contributed by atoms with van der Waals surface area (Å²) in [5, 5.41) is 4.50. The Hall–Kier alpha value is -4.28. The van der Waals surface area contributed by atoms with E-state index < -0.39 is 30.1 Å². The molecule has 2 aliphatic heterocycles. The van der Waals surface area contributed by atoms with Crippen LogP contribution in [-0.2, 0) is 17.8 Å². The highest BCUT2D eigenvalue weighted by Gasteiger charge is 2.45. The van der Waals surface area contributed by atoms with Gasteiger partial charge in [-0.2, -0.15) is 5.10 Å². The molecular weight excluding hydrogens is 467 g/mol. The van der Waals surface area contributed by atoms with Crippen LogP contribution in [-0.4, -0.2) is 28.5 Å². The van der Waals surface area contributed by atoms with Crippen LogP contribution in [0.3, 0.4) is 0 Å². The highest BCUT2D eigenvalue weighted by molar-refractivity contribution is 5.95. The summed E-state index contributed by atoms with van der Waals surface area (Å²) in [6.07, 6.45) is -1.53. The molecule has 2 aromatic carbocycles. The van der Waals surface area contributed by atoms with Crippen LogP contribution in [0.5, 0.6) is 11.5 Å². The SMILES string of the molecule is O=C(Cn1nc(-c2cccc(F)c2)c2occc2c1=O)N1CCCc2c1ccc1c2OC(F)(F)O1. The van der Waals surface area contributed by atoms with Crippen LogP contribution in [0.1, 0.15) is 12.0 Å². The molecule has 178 valence electrons. The van der Waals surface area contributed by atoms with E-state index in [9.17, 15) is 22.8 Å². The molecule has 0 N–H and O–H groups in total. The summed E-state index contributed by atoms with van der Waals surface area (Å²) >= 11 is 0. The first-order valence-electron chi connectivity index (χ1n) is 10.8. The summed E-state index contributed by atoms with van der Waals surface area (Å²) in [5.41, 5.74) is 1.06. The molecule has 2 aromatic heterocycles. The van der Waals surface area contributed by atoms with Gasteiger partial charge in [-0.25, -0.2) is 9.07 Å². The second-order valence-corrected chi connectivity index (χ2v) is 8.19. The van der Waals surface area contributed by atoms with Crippen LogP contribution in [0.25, 0.3) is 22.2 Å². The Morgan fingerprint density at radius 1 is 1.14 bits per heavy atom. The molecule has 0 atom stereocenters. The number of rotatable bonds is 3. The fourth-order valence-corrected chi connectivity index (χ4v) is 4.50. The zero-order valence-corrected chi connectivity index (χ0v) is 18.0. The first-order valence-corrected chi connectivity index (χ1v) is 10.8. The van der Waals surface area contributed by atoms with Crippen molar-refractivity contribution in [3.05, 3.63) is 70.5 Å². The molecule has 0 aliphatic carbocycles. The van der Waals surface area contributed by atoms with Gasteiger partial charge < -0.3 is 18.8 Å². The van der Waals surface area contributed by atoms with Gasteiger partial charge >= 0.3 is 6.29 Å². The Morgan fingerprint density at radius 3 is 2.83 bits per heavy atom. The second-order valence-electron chi connectivity index (χ2n) is 8.19. The van der Waals surface area contributed by atoms with Crippen molar-refractivity contribution in [2.24, 2.45) is 0 Å². The Labute approximate surface area is 195 Å². The van der Waals surface area contributed by atoms with Crippen LogP contribution < -0.4 is 19.9 Å². The summed E-state index contributed by atoms with van der Waals surface area (Å²) in [5.74, 6) is -1.15. The second kappa shape index (κ2) is 7.62. The first-order chi connectivity index (χ1) is 16.8. The molecule has 11 heteroatoms. The number of hydrogen-bond donors (Lipinski definition) is 0. The number of aromatic nitrogens is 2. The van der Waals surface area contributed by atoms with Gasteiger partial charge in [0.05, 0.1) is 17.3 Å². The molecule has 4 aromatic rings. The smallest absolute Gasteiger partial charge is 0.462 e. The minimum atomic E-state index is -3.77. The lowest BCUT2D eigenvalue weighted by atomic mass is 10.00. The largest absolute Gasteiger partial charge is 0.586 e. The molecule has 0 fully saturated rings. The number of anilines is 1. The molecule has 0 unspecified atom stereocenters. The molecule has 8 nitrogen and oxygen atoms in total. The average Bonchev–Trinajstić information content (AvgIpc) is 3.44. The monoisotopic (exact) mass is 483 g/mol. The van der Waals surface area contributed by atoms with Crippen LogP contribution in [0, 0.1) is 5.82 Å². The number of furan rings is 1. The van der Waals surface area contributed by atoms with Gasteiger partial charge in [0.25, 0.3) is 5.56 Å². The third-order valence-electron chi connectivity index (χ3n) is 6.00. The van der Waals surface area contributed by atoms with Crippen molar-refractivity contribution < 1.29 is 31.9 Å². The average molecular weight is 483 g/mol. The highest BCUT2D eigenvalue weighted by Crippen LogP contribution is 2.48. The van der Waals surface area contributed by atoms with E-state index in [-0.39, 0.29) is 28.2 Å². The fourth-order valence-electron chi connectivity index (χ4n) is 4.50. The first kappa shape index (κ1) is 21.3. The van der Waals surface area contributed by atoms with Crippen molar-refractivity contribution in [2.45, 2.75) is 25.7 Å². The van der Waals surface area contributed by atoms with Crippen LogP contribution in [0.4, 0.5) is 18.9 Å². The number of fused-ring (bicyclic) bond motifs is 4. The number of amides is 1. The summed E-state index contributed by atoms with van der Waals surface area (Å²) in [4.78, 5) is 27.7. The summed E-state index contributed by atoms with van der Waals surface area (Å²) in [6.45, 7) is -0.104. The minimum Gasteiger partial charge on any atom is -0.462 e. The van der Waals surface area contributed by atoms with Gasteiger partial charge in [0.2, 0.25) is 5.91 Å². The number of carbonyl (C=O) groups is 1. The molecule has 4 heterocycles. The maximum atomic E-state index is 13.8. The lowest BCUT2D eigenvalue weighted by Gasteiger charge is -2.30. The molecule has 0 radical (unpaired) electrons. The van der Waals surface area contributed by atoms with Crippen LogP contribution in [0.2, 0.25) is 0 Å². The predicted molar refractivity (Wildman–Crippen MR) is 117 cm³/mol. The van der Waals surface area contributed by atoms with Crippen molar-refractivity contribution in [1.82, 2.24) is 9.78 Å². The topological polar surface area (TPSA) is 86.8 Å². The van der Waals surface area contributed by atoms with Gasteiger partial charge in [0.15, 0.2) is 17.1 Å². The van der Waals surface area contributed by atoms with E-state index >= 15 is 0 Å². The molecule has 2 aliphatic rings. The van der Waals surface area contributed by atoms with Gasteiger partial charge in [-0.3, -0.25) is 9.59 Å². The molecule has 0 spiro atoms. The molecular formula is C24H16F3N3O5. The lowest BCUT2D eigenvalue weighted by molar-refractivity contribution is -0.286. The molecule has 0 saturated heterocycles. The Bertz CT molecular complexity index is 1560. The number of ether oxygens (including phenoxy) is 2. The van der Waals surface area contributed by atoms with E-state index in [1.54, 1.807) is 6.07 Å². The Balaban J connectivity index is 1.38. The predicted octanol–water partition coefficient (Wildman–Crippen LogP) is 4.10. The van der Waals surface area contributed by atoms with Crippen molar-refractivity contribution in [2.75, 3.05) is 11.4 Å². The van der Waals surface area contributed by atoms with E-state index in [1.807, 2.05) is 0 Å². The lowest BCUT2D eigenvalue weighted by Crippen LogP contribution is -2.40. The molecule has 6 rings (SSSR count). The van der Waals surface area contributed by atoms with Crippen molar-refractivity contribution in [1.29, 1.82) is 0 Å². The third-order valence-corrected chi connectivity index (χ3v) is 6.00. The van der Waals surface area contributed by atoms with Gasteiger partial charge in [-0.1, -0.05) is 12.1 Å². The third kappa shape index (κ3) is 3.50. The Kier molecular flexibility index (Phi) is 4.63. The van der Waals surface area contributed by atoms with Gasteiger partial charge in [0.1, 0.15) is 18.1 Å². The zero-order valence-electron chi connectivity index (χ0n) is 18.0. The number of halogens is 3. The zero-order chi connectivity index (χ0) is 24.3. The number of carbonyl (C=O) groups excluding carboxylic acids is 1. The summed E-state index contributed by atoms with van der Waals surface area (Å²) < 4.78 is 56.6. The molecule has 0 saturated carbocycles. The maximum Gasteiger partial charge on any atom is 0.586 e. The number of hydrogen-bond acceptors (Lipinski definition) is 6. The quantitative estimate of drug-likeness (QED) is 0.436. The van der Waals surface area contributed by atoms with Crippen molar-refractivity contribution in [3.63, 3.8) is 0 Å². The summed E-state index contributed by atoms with van der Waals surface area (Å²) in [7, 11) is 0.